The average Bonchev–Trinajstić information content (AvgIpc) is 2.14. The molecule has 0 unspecified atom stereocenters. The molecule has 1 aromatic carbocycles. The lowest BCUT2D eigenvalue weighted by molar-refractivity contribution is 0.0692. The molecular weight excluding hydrogens is 249 g/mol. The molecule has 0 saturated carbocycles. The highest BCUT2D eigenvalue weighted by Crippen LogP contribution is 2.17. The first-order valence-electron chi connectivity index (χ1n) is 4.79. The van der Waals surface area contributed by atoms with Crippen LogP contribution in [0.25, 0.3) is 0 Å². The predicted molar refractivity (Wildman–Crippen MR) is 58.8 cm³/mol. The number of hydrogen-bond acceptors (Lipinski definition) is 3. The number of hydrogen-bond donors (Lipinski definition) is 2. The Balaban J connectivity index is 3.36. The molecule has 0 aliphatic heterocycles. The van der Waals surface area contributed by atoms with E-state index in [0.29, 0.717) is 6.07 Å². The van der Waals surface area contributed by atoms with E-state index in [-0.39, 0.29) is 6.04 Å². The number of aromatic carboxylic acids is 1. The van der Waals surface area contributed by atoms with Crippen molar-refractivity contribution in [3.8, 4) is 0 Å². The van der Waals surface area contributed by atoms with Gasteiger partial charge in [-0.2, -0.15) is 0 Å². The summed E-state index contributed by atoms with van der Waals surface area (Å²) in [5.74, 6) is -2.29. The third-order valence-corrected chi connectivity index (χ3v) is 3.57. The van der Waals surface area contributed by atoms with E-state index in [1.807, 2.05) is 0 Å². The maximum atomic E-state index is 12.9. The molecule has 0 bridgehead atoms. The van der Waals surface area contributed by atoms with Gasteiger partial charge in [-0.15, -0.1) is 0 Å². The fourth-order valence-electron chi connectivity index (χ4n) is 1.28. The summed E-state index contributed by atoms with van der Waals surface area (Å²) >= 11 is 0. The summed E-state index contributed by atoms with van der Waals surface area (Å²) in [7, 11) is -3.95. The quantitative estimate of drug-likeness (QED) is 0.853. The Labute approximate surface area is 98.3 Å². The van der Waals surface area contributed by atoms with E-state index in [0.717, 1.165) is 12.1 Å². The van der Waals surface area contributed by atoms with Crippen LogP contribution in [0.5, 0.6) is 0 Å². The Kier molecular flexibility index (Phi) is 3.84. The molecule has 0 radical (unpaired) electrons. The first-order chi connectivity index (χ1) is 7.74. The van der Waals surface area contributed by atoms with E-state index < -0.39 is 32.3 Å². The van der Waals surface area contributed by atoms with Crippen LogP contribution in [0.1, 0.15) is 24.2 Å². The minimum atomic E-state index is -3.95. The molecule has 0 aromatic heterocycles. The van der Waals surface area contributed by atoms with Gasteiger partial charge >= 0.3 is 5.97 Å². The number of carbonyl (C=O) groups is 1. The van der Waals surface area contributed by atoms with Crippen molar-refractivity contribution in [1.29, 1.82) is 0 Å². The van der Waals surface area contributed by atoms with Gasteiger partial charge < -0.3 is 5.11 Å². The molecule has 0 saturated heterocycles. The predicted octanol–water partition coefficient (Wildman–Crippen LogP) is 1.21. The van der Waals surface area contributed by atoms with Crippen molar-refractivity contribution in [3.05, 3.63) is 29.6 Å². The molecular formula is C10H12FNO4S. The summed E-state index contributed by atoms with van der Waals surface area (Å²) in [5, 5.41) is 8.83. The normalized spacial score (nSPS) is 11.8. The van der Waals surface area contributed by atoms with Crippen LogP contribution >= 0.6 is 0 Å². The highest BCUT2D eigenvalue weighted by atomic mass is 32.2. The summed E-state index contributed by atoms with van der Waals surface area (Å²) in [4.78, 5) is 10.4. The summed E-state index contributed by atoms with van der Waals surface area (Å²) in [6.07, 6.45) is 0. The number of sulfonamides is 1. The highest BCUT2D eigenvalue weighted by Gasteiger charge is 2.23. The highest BCUT2D eigenvalue weighted by molar-refractivity contribution is 7.89. The third kappa shape index (κ3) is 3.24. The van der Waals surface area contributed by atoms with E-state index in [9.17, 15) is 17.6 Å². The first-order valence-corrected chi connectivity index (χ1v) is 6.27. The minimum absolute atomic E-state index is 0.383. The molecule has 0 aliphatic rings. The van der Waals surface area contributed by atoms with E-state index in [2.05, 4.69) is 4.72 Å². The number of carboxylic acid groups (broad SMARTS) is 1. The smallest absolute Gasteiger partial charge is 0.337 e. The van der Waals surface area contributed by atoms with Gasteiger partial charge in [0, 0.05) is 6.04 Å². The number of halogens is 1. The number of benzene rings is 1. The summed E-state index contributed by atoms with van der Waals surface area (Å²) in [6, 6.07) is 2.13. The Morgan fingerprint density at radius 1 is 1.41 bits per heavy atom. The van der Waals surface area contributed by atoms with Crippen LogP contribution in [0.4, 0.5) is 4.39 Å². The van der Waals surface area contributed by atoms with Gasteiger partial charge in [-0.05, 0) is 32.0 Å². The topological polar surface area (TPSA) is 83.5 Å². The molecule has 1 rings (SSSR count). The van der Waals surface area contributed by atoms with Gasteiger partial charge in [-0.25, -0.2) is 22.3 Å². The Morgan fingerprint density at radius 2 is 2.00 bits per heavy atom. The fraction of sp³-hybridized carbons (Fsp3) is 0.300. The number of rotatable bonds is 4. The molecule has 2 N–H and O–H groups in total. The number of carboxylic acids is 1. The van der Waals surface area contributed by atoms with Crippen molar-refractivity contribution in [2.24, 2.45) is 0 Å². The zero-order chi connectivity index (χ0) is 13.2. The van der Waals surface area contributed by atoms with Gasteiger partial charge in [0.25, 0.3) is 0 Å². The molecule has 94 valence electrons. The van der Waals surface area contributed by atoms with E-state index >= 15 is 0 Å². The van der Waals surface area contributed by atoms with Crippen molar-refractivity contribution in [2.45, 2.75) is 24.8 Å². The van der Waals surface area contributed by atoms with Crippen LogP contribution in [-0.4, -0.2) is 25.5 Å². The minimum Gasteiger partial charge on any atom is -0.478 e. The van der Waals surface area contributed by atoms with Crippen LogP contribution < -0.4 is 4.72 Å². The second-order valence-electron chi connectivity index (χ2n) is 3.72. The lowest BCUT2D eigenvalue weighted by Gasteiger charge is -2.11. The average molecular weight is 261 g/mol. The van der Waals surface area contributed by atoms with Crippen molar-refractivity contribution in [2.75, 3.05) is 0 Å². The molecule has 0 amide bonds. The Morgan fingerprint density at radius 3 is 2.47 bits per heavy atom. The molecule has 7 heteroatoms. The second-order valence-corrected chi connectivity index (χ2v) is 5.40. The van der Waals surface area contributed by atoms with Crippen LogP contribution in [0.3, 0.4) is 0 Å². The van der Waals surface area contributed by atoms with Gasteiger partial charge in [0.1, 0.15) is 5.82 Å². The van der Waals surface area contributed by atoms with Gasteiger partial charge in [0.2, 0.25) is 10.0 Å². The van der Waals surface area contributed by atoms with Crippen LogP contribution in [-0.2, 0) is 10.0 Å². The molecule has 5 nitrogen and oxygen atoms in total. The fourth-order valence-corrected chi connectivity index (χ4v) is 2.71. The van der Waals surface area contributed by atoms with Crippen molar-refractivity contribution in [3.63, 3.8) is 0 Å². The van der Waals surface area contributed by atoms with Crippen molar-refractivity contribution >= 4 is 16.0 Å². The van der Waals surface area contributed by atoms with Crippen molar-refractivity contribution < 1.29 is 22.7 Å². The van der Waals surface area contributed by atoms with Crippen molar-refractivity contribution in [1.82, 2.24) is 4.72 Å². The first kappa shape index (κ1) is 13.6. The largest absolute Gasteiger partial charge is 0.478 e. The molecule has 0 atom stereocenters. The van der Waals surface area contributed by atoms with Gasteiger partial charge in [-0.3, -0.25) is 0 Å². The van der Waals surface area contributed by atoms with Crippen LogP contribution in [0, 0.1) is 5.82 Å². The molecule has 1 aromatic rings. The van der Waals surface area contributed by atoms with Gasteiger partial charge in [-0.1, -0.05) is 0 Å². The maximum Gasteiger partial charge on any atom is 0.337 e. The second kappa shape index (κ2) is 4.80. The van der Waals surface area contributed by atoms with E-state index in [1.165, 1.54) is 0 Å². The monoisotopic (exact) mass is 261 g/mol. The van der Waals surface area contributed by atoms with Crippen LogP contribution in [0.15, 0.2) is 23.1 Å². The molecule has 0 aliphatic carbocycles. The molecule has 0 fully saturated rings. The molecule has 0 heterocycles. The van der Waals surface area contributed by atoms with Gasteiger partial charge in [0.05, 0.1) is 10.5 Å². The Bertz CT molecular complexity index is 539. The summed E-state index contributed by atoms with van der Waals surface area (Å²) in [5.41, 5.74) is -0.585. The van der Waals surface area contributed by atoms with E-state index in [1.54, 1.807) is 13.8 Å². The lowest BCUT2D eigenvalue weighted by atomic mass is 10.2. The molecule has 0 spiro atoms. The SMILES string of the molecule is CC(C)NS(=O)(=O)c1ccc(F)cc1C(=O)O. The van der Waals surface area contributed by atoms with Crippen LogP contribution in [0.2, 0.25) is 0 Å². The van der Waals surface area contributed by atoms with Gasteiger partial charge in [0.15, 0.2) is 0 Å². The van der Waals surface area contributed by atoms with E-state index in [4.69, 9.17) is 5.11 Å². The Hall–Kier alpha value is -1.47. The summed E-state index contributed by atoms with van der Waals surface area (Å²) in [6.45, 7) is 3.20. The zero-order valence-corrected chi connectivity index (χ0v) is 10.1. The summed E-state index contributed by atoms with van der Waals surface area (Å²) < 4.78 is 38.7. The number of nitrogens with one attached hydrogen (secondary N) is 1. The lowest BCUT2D eigenvalue weighted by Crippen LogP contribution is -2.31. The zero-order valence-electron chi connectivity index (χ0n) is 9.27. The third-order valence-electron chi connectivity index (χ3n) is 1.85. The standard InChI is InChI=1S/C10H12FNO4S/c1-6(2)12-17(15,16)9-4-3-7(11)5-8(9)10(13)14/h3-6,12H,1-2H3,(H,13,14). The molecule has 17 heavy (non-hydrogen) atoms. The maximum absolute atomic E-state index is 12.9.